The highest BCUT2D eigenvalue weighted by molar-refractivity contribution is 5.95. The molecule has 0 spiro atoms. The molecule has 2 heterocycles. The minimum Gasteiger partial charge on any atom is -0.469 e. The molecule has 1 aliphatic rings. The van der Waals surface area contributed by atoms with E-state index >= 15 is 0 Å². The molecule has 1 amide bonds. The van der Waals surface area contributed by atoms with E-state index in [0.717, 1.165) is 32.5 Å². The fourth-order valence-electron chi connectivity index (χ4n) is 2.36. The molecule has 0 radical (unpaired) electrons. The van der Waals surface area contributed by atoms with Gasteiger partial charge in [0, 0.05) is 19.1 Å². The Hall–Kier alpha value is -1.00. The van der Waals surface area contributed by atoms with Gasteiger partial charge in [0.2, 0.25) is 0 Å². The van der Waals surface area contributed by atoms with E-state index in [9.17, 15) is 4.79 Å². The van der Waals surface area contributed by atoms with Crippen molar-refractivity contribution in [2.75, 3.05) is 19.6 Å². The smallest absolute Gasteiger partial charge is 0.257 e. The van der Waals surface area contributed by atoms with Crippen molar-refractivity contribution < 1.29 is 9.21 Å². The van der Waals surface area contributed by atoms with Crippen molar-refractivity contribution in [3.8, 4) is 0 Å². The first-order chi connectivity index (χ1) is 8.24. The van der Waals surface area contributed by atoms with Gasteiger partial charge < -0.3 is 14.6 Å². The quantitative estimate of drug-likeness (QED) is 0.914. The third-order valence-electron chi connectivity index (χ3n) is 3.29. The molecule has 0 bridgehead atoms. The molecule has 18 heavy (non-hydrogen) atoms. The zero-order chi connectivity index (χ0) is 12.3. The molecule has 5 heteroatoms. The molecule has 0 aromatic carbocycles. The average Bonchev–Trinajstić information content (AvgIpc) is 2.95. The topological polar surface area (TPSA) is 45.5 Å². The summed E-state index contributed by atoms with van der Waals surface area (Å²) < 4.78 is 5.21. The van der Waals surface area contributed by atoms with E-state index in [1.807, 2.05) is 11.8 Å². The Morgan fingerprint density at radius 3 is 2.89 bits per heavy atom. The number of aryl methyl sites for hydroxylation is 1. The first kappa shape index (κ1) is 15.1. The molecular weight excluding hydrogens is 252 g/mol. The van der Waals surface area contributed by atoms with Crippen molar-refractivity contribution in [1.29, 1.82) is 0 Å². The van der Waals surface area contributed by atoms with Gasteiger partial charge in [-0.05, 0) is 32.4 Å². The SMILES string of the molecule is CCCN(C(=O)c1ccoc1C)C1CCNC1.Cl. The van der Waals surface area contributed by atoms with Gasteiger partial charge in [0.25, 0.3) is 5.91 Å². The Bertz CT molecular complexity index is 386. The highest BCUT2D eigenvalue weighted by Crippen LogP contribution is 2.17. The number of rotatable bonds is 4. The van der Waals surface area contributed by atoms with Gasteiger partial charge in [-0.25, -0.2) is 0 Å². The van der Waals surface area contributed by atoms with Crippen molar-refractivity contribution in [1.82, 2.24) is 10.2 Å². The molecule has 0 saturated carbocycles. The van der Waals surface area contributed by atoms with Gasteiger partial charge in [0.15, 0.2) is 0 Å². The Morgan fingerprint density at radius 2 is 2.39 bits per heavy atom. The molecule has 1 unspecified atom stereocenters. The lowest BCUT2D eigenvalue weighted by molar-refractivity contribution is 0.0690. The number of hydrogen-bond acceptors (Lipinski definition) is 3. The molecule has 1 atom stereocenters. The zero-order valence-electron chi connectivity index (χ0n) is 10.9. The Morgan fingerprint density at radius 1 is 1.61 bits per heavy atom. The van der Waals surface area contributed by atoms with Gasteiger partial charge in [-0.1, -0.05) is 6.92 Å². The van der Waals surface area contributed by atoms with Crippen LogP contribution in [0.1, 0.15) is 35.9 Å². The summed E-state index contributed by atoms with van der Waals surface area (Å²) in [6.45, 7) is 6.66. The predicted molar refractivity (Wildman–Crippen MR) is 73.3 cm³/mol. The summed E-state index contributed by atoms with van der Waals surface area (Å²) in [5.74, 6) is 0.814. The average molecular weight is 273 g/mol. The minimum absolute atomic E-state index is 0. The van der Waals surface area contributed by atoms with E-state index in [0.29, 0.717) is 17.4 Å². The monoisotopic (exact) mass is 272 g/mol. The molecule has 1 aromatic heterocycles. The van der Waals surface area contributed by atoms with E-state index in [2.05, 4.69) is 12.2 Å². The highest BCUT2D eigenvalue weighted by Gasteiger charge is 2.27. The lowest BCUT2D eigenvalue weighted by Crippen LogP contribution is -2.42. The Balaban J connectivity index is 0.00000162. The number of hydrogen-bond donors (Lipinski definition) is 1. The lowest BCUT2D eigenvalue weighted by atomic mass is 10.1. The fourth-order valence-corrected chi connectivity index (χ4v) is 2.36. The number of carbonyl (C=O) groups excluding carboxylic acids is 1. The summed E-state index contributed by atoms with van der Waals surface area (Å²) in [6.07, 6.45) is 3.61. The maximum absolute atomic E-state index is 12.4. The lowest BCUT2D eigenvalue weighted by Gasteiger charge is -2.28. The van der Waals surface area contributed by atoms with E-state index in [-0.39, 0.29) is 18.3 Å². The van der Waals surface area contributed by atoms with Crippen LogP contribution in [0.5, 0.6) is 0 Å². The minimum atomic E-state index is 0. The molecule has 102 valence electrons. The second kappa shape index (κ2) is 6.81. The summed E-state index contributed by atoms with van der Waals surface area (Å²) in [4.78, 5) is 14.4. The first-order valence-electron chi connectivity index (χ1n) is 6.29. The third kappa shape index (κ3) is 3.06. The molecule has 1 saturated heterocycles. The van der Waals surface area contributed by atoms with Gasteiger partial charge in [0.1, 0.15) is 5.76 Å². The standard InChI is InChI=1S/C13H20N2O2.ClH/c1-3-7-15(11-4-6-14-9-11)13(16)12-5-8-17-10(12)2;/h5,8,11,14H,3-4,6-7,9H2,1-2H3;1H. The van der Waals surface area contributed by atoms with Gasteiger partial charge in [-0.3, -0.25) is 4.79 Å². The van der Waals surface area contributed by atoms with E-state index < -0.39 is 0 Å². The van der Waals surface area contributed by atoms with Gasteiger partial charge >= 0.3 is 0 Å². The summed E-state index contributed by atoms with van der Waals surface area (Å²) in [5.41, 5.74) is 0.699. The van der Waals surface area contributed by atoms with Crippen LogP contribution in [-0.4, -0.2) is 36.5 Å². The van der Waals surface area contributed by atoms with Crippen molar-refractivity contribution in [2.45, 2.75) is 32.7 Å². The highest BCUT2D eigenvalue weighted by atomic mass is 35.5. The van der Waals surface area contributed by atoms with Crippen LogP contribution in [0.4, 0.5) is 0 Å². The number of amides is 1. The fraction of sp³-hybridized carbons (Fsp3) is 0.615. The maximum Gasteiger partial charge on any atom is 0.257 e. The van der Waals surface area contributed by atoms with Crippen LogP contribution in [0, 0.1) is 6.92 Å². The zero-order valence-corrected chi connectivity index (χ0v) is 11.8. The van der Waals surface area contributed by atoms with Crippen LogP contribution in [0.2, 0.25) is 0 Å². The number of nitrogens with zero attached hydrogens (tertiary/aromatic N) is 1. The van der Waals surface area contributed by atoms with Gasteiger partial charge in [-0.2, -0.15) is 0 Å². The normalized spacial score (nSPS) is 18.4. The molecule has 0 aliphatic carbocycles. The summed E-state index contributed by atoms with van der Waals surface area (Å²) in [7, 11) is 0. The second-order valence-electron chi connectivity index (χ2n) is 4.54. The second-order valence-corrected chi connectivity index (χ2v) is 4.54. The van der Waals surface area contributed by atoms with Crippen LogP contribution in [0.15, 0.2) is 16.7 Å². The number of halogens is 1. The number of furan rings is 1. The molecule has 1 aliphatic heterocycles. The van der Waals surface area contributed by atoms with Crippen LogP contribution in [0.25, 0.3) is 0 Å². The van der Waals surface area contributed by atoms with E-state index in [1.165, 1.54) is 0 Å². The van der Waals surface area contributed by atoms with Crippen LogP contribution >= 0.6 is 12.4 Å². The van der Waals surface area contributed by atoms with Crippen molar-refractivity contribution >= 4 is 18.3 Å². The summed E-state index contributed by atoms with van der Waals surface area (Å²) in [6, 6.07) is 2.10. The molecule has 1 fully saturated rings. The predicted octanol–water partition coefficient (Wildman–Crippen LogP) is 2.22. The first-order valence-corrected chi connectivity index (χ1v) is 6.29. The molecule has 1 aromatic rings. The maximum atomic E-state index is 12.4. The number of nitrogens with one attached hydrogen (secondary N) is 1. The van der Waals surface area contributed by atoms with Crippen LogP contribution < -0.4 is 5.32 Å². The van der Waals surface area contributed by atoms with Crippen LogP contribution in [-0.2, 0) is 0 Å². The molecule has 4 nitrogen and oxygen atoms in total. The Kier molecular flexibility index (Phi) is 5.69. The van der Waals surface area contributed by atoms with Gasteiger partial charge in [-0.15, -0.1) is 12.4 Å². The third-order valence-corrected chi connectivity index (χ3v) is 3.29. The molecule has 1 N–H and O–H groups in total. The molecular formula is C13H21ClN2O2. The largest absolute Gasteiger partial charge is 0.469 e. The summed E-state index contributed by atoms with van der Waals surface area (Å²) in [5, 5.41) is 3.31. The summed E-state index contributed by atoms with van der Waals surface area (Å²) >= 11 is 0. The van der Waals surface area contributed by atoms with Crippen molar-refractivity contribution in [2.24, 2.45) is 0 Å². The Labute approximate surface area is 114 Å². The van der Waals surface area contributed by atoms with E-state index in [4.69, 9.17) is 4.42 Å². The number of carbonyl (C=O) groups is 1. The van der Waals surface area contributed by atoms with Crippen molar-refractivity contribution in [3.63, 3.8) is 0 Å². The van der Waals surface area contributed by atoms with Gasteiger partial charge in [0.05, 0.1) is 11.8 Å². The van der Waals surface area contributed by atoms with Crippen LogP contribution in [0.3, 0.4) is 0 Å². The molecule has 2 rings (SSSR count). The van der Waals surface area contributed by atoms with E-state index in [1.54, 1.807) is 12.3 Å². The van der Waals surface area contributed by atoms with Crippen molar-refractivity contribution in [3.05, 3.63) is 23.7 Å².